The van der Waals surface area contributed by atoms with Gasteiger partial charge in [-0.1, -0.05) is 24.6 Å². The SMILES string of the molecule is CCc1nc2ccc(C(C)N)cn2c1Cl. The number of pyridine rings is 1. The van der Waals surface area contributed by atoms with Crippen LogP contribution < -0.4 is 5.73 Å². The molecule has 0 amide bonds. The maximum Gasteiger partial charge on any atom is 0.138 e. The molecule has 0 saturated carbocycles. The molecule has 15 heavy (non-hydrogen) atoms. The fourth-order valence-corrected chi connectivity index (χ4v) is 1.89. The monoisotopic (exact) mass is 223 g/mol. The molecule has 0 aromatic carbocycles. The summed E-state index contributed by atoms with van der Waals surface area (Å²) in [6, 6.07) is 3.95. The van der Waals surface area contributed by atoms with Gasteiger partial charge < -0.3 is 5.73 Å². The van der Waals surface area contributed by atoms with Crippen molar-refractivity contribution in [2.45, 2.75) is 26.3 Å². The van der Waals surface area contributed by atoms with Crippen molar-refractivity contribution in [3.63, 3.8) is 0 Å². The van der Waals surface area contributed by atoms with Gasteiger partial charge in [-0.25, -0.2) is 4.98 Å². The Hall–Kier alpha value is -1.06. The van der Waals surface area contributed by atoms with Crippen molar-refractivity contribution in [2.75, 3.05) is 0 Å². The molecule has 0 saturated heterocycles. The topological polar surface area (TPSA) is 43.3 Å². The van der Waals surface area contributed by atoms with Gasteiger partial charge in [0.25, 0.3) is 0 Å². The highest BCUT2D eigenvalue weighted by Gasteiger charge is 2.09. The number of imidazole rings is 1. The normalized spacial score (nSPS) is 13.3. The van der Waals surface area contributed by atoms with Crippen LogP contribution in [0.2, 0.25) is 5.15 Å². The van der Waals surface area contributed by atoms with Crippen molar-refractivity contribution < 1.29 is 0 Å². The van der Waals surface area contributed by atoms with Crippen molar-refractivity contribution >= 4 is 17.2 Å². The Balaban J connectivity index is 2.65. The largest absolute Gasteiger partial charge is 0.324 e. The second kappa shape index (κ2) is 3.83. The summed E-state index contributed by atoms with van der Waals surface area (Å²) >= 11 is 6.19. The standard InChI is InChI=1S/C11H14ClN3/c1-3-9-11(12)15-6-8(7(2)13)4-5-10(15)14-9/h4-7H,3,13H2,1-2H3. The van der Waals surface area contributed by atoms with Gasteiger partial charge in [-0.3, -0.25) is 4.40 Å². The van der Waals surface area contributed by atoms with Crippen LogP contribution in [0.15, 0.2) is 18.3 Å². The van der Waals surface area contributed by atoms with E-state index in [4.69, 9.17) is 17.3 Å². The van der Waals surface area contributed by atoms with Gasteiger partial charge in [-0.2, -0.15) is 0 Å². The van der Waals surface area contributed by atoms with Crippen LogP contribution in [-0.4, -0.2) is 9.38 Å². The molecule has 80 valence electrons. The van der Waals surface area contributed by atoms with E-state index in [9.17, 15) is 0 Å². The number of hydrogen-bond acceptors (Lipinski definition) is 2. The number of aromatic nitrogens is 2. The number of nitrogens with two attached hydrogens (primary N) is 1. The number of hydrogen-bond donors (Lipinski definition) is 1. The van der Waals surface area contributed by atoms with E-state index in [0.717, 1.165) is 23.3 Å². The molecule has 0 aliphatic heterocycles. The summed E-state index contributed by atoms with van der Waals surface area (Å²) in [6.07, 6.45) is 2.79. The molecular weight excluding hydrogens is 210 g/mol. The Morgan fingerprint density at radius 3 is 2.87 bits per heavy atom. The number of fused-ring (bicyclic) bond motifs is 1. The van der Waals surface area contributed by atoms with E-state index < -0.39 is 0 Å². The molecule has 2 N–H and O–H groups in total. The summed E-state index contributed by atoms with van der Waals surface area (Å²) < 4.78 is 1.89. The Kier molecular flexibility index (Phi) is 2.67. The van der Waals surface area contributed by atoms with Gasteiger partial charge in [-0.15, -0.1) is 0 Å². The molecule has 1 unspecified atom stereocenters. The molecule has 2 heterocycles. The molecule has 0 bridgehead atoms. The highest BCUT2D eigenvalue weighted by atomic mass is 35.5. The lowest BCUT2D eigenvalue weighted by Crippen LogP contribution is -2.05. The van der Waals surface area contributed by atoms with Crippen molar-refractivity contribution in [3.8, 4) is 0 Å². The molecule has 0 fully saturated rings. The highest BCUT2D eigenvalue weighted by Crippen LogP contribution is 2.20. The molecule has 2 aromatic rings. The average molecular weight is 224 g/mol. The first-order chi connectivity index (χ1) is 7.13. The Bertz CT molecular complexity index is 488. The van der Waals surface area contributed by atoms with E-state index in [2.05, 4.69) is 4.98 Å². The van der Waals surface area contributed by atoms with Gasteiger partial charge in [0.1, 0.15) is 10.8 Å². The van der Waals surface area contributed by atoms with E-state index in [1.165, 1.54) is 0 Å². The Labute approximate surface area is 93.9 Å². The number of nitrogens with zero attached hydrogens (tertiary/aromatic N) is 2. The molecule has 0 aliphatic carbocycles. The van der Waals surface area contributed by atoms with Crippen molar-refractivity contribution in [2.24, 2.45) is 5.73 Å². The Morgan fingerprint density at radius 2 is 2.27 bits per heavy atom. The fourth-order valence-electron chi connectivity index (χ4n) is 1.58. The number of aryl methyl sites for hydroxylation is 1. The highest BCUT2D eigenvalue weighted by molar-refractivity contribution is 6.30. The summed E-state index contributed by atoms with van der Waals surface area (Å²) in [5, 5.41) is 0.690. The Morgan fingerprint density at radius 1 is 1.53 bits per heavy atom. The molecule has 2 aromatic heterocycles. The zero-order valence-electron chi connectivity index (χ0n) is 8.87. The van der Waals surface area contributed by atoms with Gasteiger partial charge >= 0.3 is 0 Å². The molecule has 0 radical (unpaired) electrons. The first-order valence-corrected chi connectivity index (χ1v) is 5.43. The minimum Gasteiger partial charge on any atom is -0.324 e. The predicted octanol–water partition coefficient (Wildman–Crippen LogP) is 2.57. The van der Waals surface area contributed by atoms with Gasteiger partial charge in [0.05, 0.1) is 5.69 Å². The van der Waals surface area contributed by atoms with Gasteiger partial charge in [0.2, 0.25) is 0 Å². The minimum absolute atomic E-state index is 0.0120. The fraction of sp³-hybridized carbons (Fsp3) is 0.364. The summed E-state index contributed by atoms with van der Waals surface area (Å²) in [7, 11) is 0. The van der Waals surface area contributed by atoms with Crippen LogP contribution in [0.25, 0.3) is 5.65 Å². The zero-order chi connectivity index (χ0) is 11.0. The predicted molar refractivity (Wildman–Crippen MR) is 62.2 cm³/mol. The lowest BCUT2D eigenvalue weighted by molar-refractivity contribution is 0.808. The summed E-state index contributed by atoms with van der Waals surface area (Å²) in [5.74, 6) is 0. The second-order valence-electron chi connectivity index (χ2n) is 3.68. The molecular formula is C11H14ClN3. The van der Waals surface area contributed by atoms with Gasteiger partial charge in [0.15, 0.2) is 0 Å². The number of rotatable bonds is 2. The third kappa shape index (κ3) is 1.73. The van der Waals surface area contributed by atoms with Crippen LogP contribution in [0.3, 0.4) is 0 Å². The van der Waals surface area contributed by atoms with Crippen LogP contribution in [0.1, 0.15) is 31.1 Å². The van der Waals surface area contributed by atoms with Gasteiger partial charge in [-0.05, 0) is 25.0 Å². The molecule has 4 heteroatoms. The average Bonchev–Trinajstić information content (AvgIpc) is 2.55. The second-order valence-corrected chi connectivity index (χ2v) is 4.04. The van der Waals surface area contributed by atoms with Crippen LogP contribution in [0.4, 0.5) is 0 Å². The smallest absolute Gasteiger partial charge is 0.138 e. The zero-order valence-corrected chi connectivity index (χ0v) is 9.62. The van der Waals surface area contributed by atoms with E-state index >= 15 is 0 Å². The van der Waals surface area contributed by atoms with Crippen LogP contribution in [0.5, 0.6) is 0 Å². The first kappa shape index (κ1) is 10.5. The van der Waals surface area contributed by atoms with Gasteiger partial charge in [0, 0.05) is 12.2 Å². The summed E-state index contributed by atoms with van der Waals surface area (Å²) in [5.41, 5.74) is 8.68. The lowest BCUT2D eigenvalue weighted by Gasteiger charge is -2.05. The van der Waals surface area contributed by atoms with Crippen molar-refractivity contribution in [1.29, 1.82) is 0 Å². The van der Waals surface area contributed by atoms with E-state index in [1.807, 2.05) is 36.6 Å². The van der Waals surface area contributed by atoms with E-state index in [-0.39, 0.29) is 6.04 Å². The molecule has 0 spiro atoms. The van der Waals surface area contributed by atoms with Crippen molar-refractivity contribution in [1.82, 2.24) is 9.38 Å². The maximum absolute atomic E-state index is 6.19. The maximum atomic E-state index is 6.19. The third-order valence-electron chi connectivity index (χ3n) is 2.51. The molecule has 3 nitrogen and oxygen atoms in total. The van der Waals surface area contributed by atoms with Crippen molar-refractivity contribution in [3.05, 3.63) is 34.7 Å². The first-order valence-electron chi connectivity index (χ1n) is 5.05. The van der Waals surface area contributed by atoms with E-state index in [1.54, 1.807) is 0 Å². The molecule has 0 aliphatic rings. The quantitative estimate of drug-likeness (QED) is 0.851. The third-order valence-corrected chi connectivity index (χ3v) is 2.91. The van der Waals surface area contributed by atoms with Crippen LogP contribution >= 0.6 is 11.6 Å². The summed E-state index contributed by atoms with van der Waals surface area (Å²) in [6.45, 7) is 3.99. The van der Waals surface area contributed by atoms with Crippen LogP contribution in [0, 0.1) is 0 Å². The minimum atomic E-state index is 0.0120. The van der Waals surface area contributed by atoms with E-state index in [0.29, 0.717) is 5.15 Å². The summed E-state index contributed by atoms with van der Waals surface area (Å²) in [4.78, 5) is 4.42. The molecule has 1 atom stereocenters. The van der Waals surface area contributed by atoms with Crippen LogP contribution in [-0.2, 0) is 6.42 Å². The lowest BCUT2D eigenvalue weighted by atomic mass is 10.2. The molecule has 2 rings (SSSR count). The number of halogens is 1.